The molecule has 90 valence electrons. The van der Waals surface area contributed by atoms with E-state index in [1.54, 1.807) is 6.92 Å². The van der Waals surface area contributed by atoms with Gasteiger partial charge in [0.15, 0.2) is 0 Å². The maximum atomic E-state index is 11.9. The average Bonchev–Trinajstić information content (AvgIpc) is 2.41. The summed E-state index contributed by atoms with van der Waals surface area (Å²) in [6.07, 6.45) is 0.556. The molecule has 0 aromatic carbocycles. The summed E-state index contributed by atoms with van der Waals surface area (Å²) in [4.78, 5) is 11.9. The summed E-state index contributed by atoms with van der Waals surface area (Å²) in [6.45, 7) is 7.44. The van der Waals surface area contributed by atoms with Crippen LogP contribution >= 0.6 is 0 Å². The first-order valence-corrected chi connectivity index (χ1v) is 5.45. The van der Waals surface area contributed by atoms with E-state index in [2.05, 4.69) is 5.32 Å². The van der Waals surface area contributed by atoms with Gasteiger partial charge in [0.05, 0.1) is 5.56 Å². The molecule has 0 aliphatic carbocycles. The van der Waals surface area contributed by atoms with E-state index in [1.165, 1.54) is 0 Å². The lowest BCUT2D eigenvalue weighted by Crippen LogP contribution is -2.33. The van der Waals surface area contributed by atoms with Crippen molar-refractivity contribution in [2.45, 2.75) is 40.2 Å². The zero-order chi connectivity index (χ0) is 12.3. The summed E-state index contributed by atoms with van der Waals surface area (Å²) in [7, 11) is 0. The van der Waals surface area contributed by atoms with Crippen molar-refractivity contribution < 1.29 is 14.3 Å². The number of aryl methyl sites for hydroxylation is 2. The molecule has 1 unspecified atom stereocenters. The van der Waals surface area contributed by atoms with E-state index in [1.807, 2.05) is 20.8 Å². The molecule has 0 radical (unpaired) electrons. The van der Waals surface area contributed by atoms with Crippen LogP contribution in [0.4, 0.5) is 0 Å². The van der Waals surface area contributed by atoms with Crippen LogP contribution in [-0.2, 0) is 0 Å². The molecule has 1 aromatic heterocycles. The maximum absolute atomic E-state index is 11.9. The van der Waals surface area contributed by atoms with Gasteiger partial charge in [-0.1, -0.05) is 0 Å². The summed E-state index contributed by atoms with van der Waals surface area (Å²) in [5, 5.41) is 11.6. The maximum Gasteiger partial charge on any atom is 0.255 e. The Hall–Kier alpha value is -1.29. The Morgan fingerprint density at radius 3 is 2.44 bits per heavy atom. The molecule has 0 saturated carbocycles. The number of aliphatic hydroxyl groups excluding tert-OH is 1. The highest BCUT2D eigenvalue weighted by Gasteiger charge is 2.19. The van der Waals surface area contributed by atoms with E-state index >= 15 is 0 Å². The fourth-order valence-electron chi connectivity index (χ4n) is 1.69. The van der Waals surface area contributed by atoms with Gasteiger partial charge in [-0.05, 0) is 34.1 Å². The monoisotopic (exact) mass is 225 g/mol. The Morgan fingerprint density at radius 1 is 1.38 bits per heavy atom. The lowest BCUT2D eigenvalue weighted by Gasteiger charge is -2.12. The highest BCUT2D eigenvalue weighted by Crippen LogP contribution is 2.20. The van der Waals surface area contributed by atoms with Gasteiger partial charge < -0.3 is 14.8 Å². The van der Waals surface area contributed by atoms with E-state index in [-0.39, 0.29) is 18.6 Å². The zero-order valence-corrected chi connectivity index (χ0v) is 10.3. The van der Waals surface area contributed by atoms with Crippen molar-refractivity contribution in [2.24, 2.45) is 0 Å². The standard InChI is InChI=1S/C12H19NO3/c1-7(5-6-14)13-12(15)11-8(2)9(3)16-10(11)4/h7,14H,5-6H2,1-4H3,(H,13,15). The first-order valence-electron chi connectivity index (χ1n) is 5.45. The van der Waals surface area contributed by atoms with Gasteiger partial charge in [0, 0.05) is 18.2 Å². The molecular weight excluding hydrogens is 206 g/mol. The normalized spacial score (nSPS) is 12.6. The minimum atomic E-state index is -0.132. The number of rotatable bonds is 4. The third-order valence-corrected chi connectivity index (χ3v) is 2.73. The molecule has 0 aliphatic heterocycles. The number of hydrogen-bond acceptors (Lipinski definition) is 3. The van der Waals surface area contributed by atoms with E-state index in [4.69, 9.17) is 9.52 Å². The van der Waals surface area contributed by atoms with E-state index < -0.39 is 0 Å². The summed E-state index contributed by atoms with van der Waals surface area (Å²) in [5.41, 5.74) is 1.49. The molecule has 1 heterocycles. The molecule has 4 heteroatoms. The molecule has 16 heavy (non-hydrogen) atoms. The molecule has 2 N–H and O–H groups in total. The summed E-state index contributed by atoms with van der Waals surface area (Å²) < 4.78 is 5.40. The van der Waals surface area contributed by atoms with Crippen LogP contribution in [0.2, 0.25) is 0 Å². The number of hydrogen-bond donors (Lipinski definition) is 2. The summed E-state index contributed by atoms with van der Waals surface area (Å²) >= 11 is 0. The highest BCUT2D eigenvalue weighted by molar-refractivity contribution is 5.97. The number of furan rings is 1. The lowest BCUT2D eigenvalue weighted by atomic mass is 10.1. The molecule has 1 atom stereocenters. The predicted molar refractivity (Wildman–Crippen MR) is 61.6 cm³/mol. The Morgan fingerprint density at radius 2 is 2.00 bits per heavy atom. The molecule has 0 spiro atoms. The van der Waals surface area contributed by atoms with Crippen LogP contribution in [0.25, 0.3) is 0 Å². The van der Waals surface area contributed by atoms with Gasteiger partial charge in [0.25, 0.3) is 5.91 Å². The van der Waals surface area contributed by atoms with Gasteiger partial charge in [-0.15, -0.1) is 0 Å². The largest absolute Gasteiger partial charge is 0.466 e. The summed E-state index contributed by atoms with van der Waals surface area (Å²) in [5.74, 6) is 1.29. The Kier molecular flexibility index (Phi) is 4.12. The van der Waals surface area contributed by atoms with Crippen LogP contribution in [0.15, 0.2) is 4.42 Å². The van der Waals surface area contributed by atoms with Gasteiger partial charge >= 0.3 is 0 Å². The van der Waals surface area contributed by atoms with E-state index in [0.717, 1.165) is 11.3 Å². The molecule has 0 fully saturated rings. The van der Waals surface area contributed by atoms with Crippen molar-refractivity contribution >= 4 is 5.91 Å². The van der Waals surface area contributed by atoms with E-state index in [9.17, 15) is 4.79 Å². The van der Waals surface area contributed by atoms with Crippen molar-refractivity contribution in [3.8, 4) is 0 Å². The average molecular weight is 225 g/mol. The van der Waals surface area contributed by atoms with Crippen molar-refractivity contribution in [2.75, 3.05) is 6.61 Å². The van der Waals surface area contributed by atoms with Crippen molar-refractivity contribution in [1.82, 2.24) is 5.32 Å². The second kappa shape index (κ2) is 5.16. The van der Waals surface area contributed by atoms with Crippen LogP contribution in [0.3, 0.4) is 0 Å². The third-order valence-electron chi connectivity index (χ3n) is 2.73. The fraction of sp³-hybridized carbons (Fsp3) is 0.583. The van der Waals surface area contributed by atoms with Gasteiger partial charge in [0.1, 0.15) is 11.5 Å². The number of carbonyl (C=O) groups is 1. The minimum absolute atomic E-state index is 0.0356. The van der Waals surface area contributed by atoms with Crippen molar-refractivity contribution in [3.05, 3.63) is 22.6 Å². The van der Waals surface area contributed by atoms with E-state index in [0.29, 0.717) is 17.7 Å². The van der Waals surface area contributed by atoms with Gasteiger partial charge in [-0.3, -0.25) is 4.79 Å². The minimum Gasteiger partial charge on any atom is -0.466 e. The Labute approximate surface area is 95.7 Å². The van der Waals surface area contributed by atoms with Crippen LogP contribution in [-0.4, -0.2) is 23.7 Å². The molecule has 0 saturated heterocycles. The van der Waals surface area contributed by atoms with Crippen LogP contribution in [0, 0.1) is 20.8 Å². The highest BCUT2D eigenvalue weighted by atomic mass is 16.3. The SMILES string of the molecule is Cc1oc(C)c(C(=O)NC(C)CCO)c1C. The third kappa shape index (κ3) is 2.64. The predicted octanol–water partition coefficient (Wildman–Crippen LogP) is 1.71. The second-order valence-corrected chi connectivity index (χ2v) is 4.10. The molecular formula is C12H19NO3. The quantitative estimate of drug-likeness (QED) is 0.820. The Bertz CT molecular complexity index is 382. The summed E-state index contributed by atoms with van der Waals surface area (Å²) in [6, 6.07) is -0.0356. The van der Waals surface area contributed by atoms with Gasteiger partial charge in [-0.2, -0.15) is 0 Å². The molecule has 1 amide bonds. The molecule has 1 rings (SSSR count). The van der Waals surface area contributed by atoms with Crippen molar-refractivity contribution in [1.29, 1.82) is 0 Å². The first-order chi connectivity index (χ1) is 7.47. The number of carbonyl (C=O) groups excluding carboxylic acids is 1. The molecule has 1 aromatic rings. The smallest absolute Gasteiger partial charge is 0.255 e. The van der Waals surface area contributed by atoms with Gasteiger partial charge in [-0.25, -0.2) is 0 Å². The molecule has 4 nitrogen and oxygen atoms in total. The second-order valence-electron chi connectivity index (χ2n) is 4.10. The zero-order valence-electron chi connectivity index (χ0n) is 10.3. The number of aliphatic hydroxyl groups is 1. The van der Waals surface area contributed by atoms with Crippen LogP contribution < -0.4 is 5.32 Å². The number of amides is 1. The fourth-order valence-corrected chi connectivity index (χ4v) is 1.69. The Balaban J connectivity index is 2.80. The van der Waals surface area contributed by atoms with Crippen LogP contribution in [0.1, 0.15) is 40.8 Å². The van der Waals surface area contributed by atoms with Crippen LogP contribution in [0.5, 0.6) is 0 Å². The van der Waals surface area contributed by atoms with Crippen molar-refractivity contribution in [3.63, 3.8) is 0 Å². The molecule has 0 aliphatic rings. The van der Waals surface area contributed by atoms with Gasteiger partial charge in [0.2, 0.25) is 0 Å². The molecule has 0 bridgehead atoms. The number of nitrogens with one attached hydrogen (secondary N) is 1. The lowest BCUT2D eigenvalue weighted by molar-refractivity contribution is 0.0932. The first kappa shape index (κ1) is 12.8. The topological polar surface area (TPSA) is 62.5 Å².